The lowest BCUT2D eigenvalue weighted by Crippen LogP contribution is -2.26. The van der Waals surface area contributed by atoms with Crippen LogP contribution < -0.4 is 4.74 Å². The highest BCUT2D eigenvalue weighted by atomic mass is 32.1. The van der Waals surface area contributed by atoms with E-state index in [9.17, 15) is 0 Å². The Hall–Kier alpha value is -3.00. The summed E-state index contributed by atoms with van der Waals surface area (Å²) >= 11 is 1.81. The number of fused-ring (bicyclic) bond motifs is 5. The van der Waals surface area contributed by atoms with Crippen LogP contribution in [0.5, 0.6) is 5.75 Å². The highest BCUT2D eigenvalue weighted by Gasteiger charge is 2.31. The van der Waals surface area contributed by atoms with Crippen LogP contribution >= 0.6 is 11.3 Å². The van der Waals surface area contributed by atoms with Crippen LogP contribution in [0, 0.1) is 11.3 Å². The van der Waals surface area contributed by atoms with Crippen LogP contribution in [0.15, 0.2) is 35.7 Å². The van der Waals surface area contributed by atoms with E-state index in [-0.39, 0.29) is 6.61 Å². The zero-order valence-corrected chi connectivity index (χ0v) is 19.6. The van der Waals surface area contributed by atoms with Crippen molar-refractivity contribution < 1.29 is 9.57 Å². The van der Waals surface area contributed by atoms with Crippen molar-refractivity contribution in [3.63, 3.8) is 0 Å². The Morgan fingerprint density at radius 2 is 2.06 bits per heavy atom. The minimum atomic E-state index is 0.203. The van der Waals surface area contributed by atoms with Crippen molar-refractivity contribution in [3.05, 3.63) is 52.4 Å². The average Bonchev–Trinajstić information content (AvgIpc) is 3.36. The summed E-state index contributed by atoms with van der Waals surface area (Å²) in [5.74, 6) is 2.10. The lowest BCUT2D eigenvalue weighted by Gasteiger charge is -2.33. The van der Waals surface area contributed by atoms with Gasteiger partial charge in [-0.3, -0.25) is 0 Å². The molecule has 1 aliphatic carbocycles. The van der Waals surface area contributed by atoms with Crippen LogP contribution in [0.2, 0.25) is 0 Å². The molecule has 0 spiro atoms. The van der Waals surface area contributed by atoms with Gasteiger partial charge in [-0.05, 0) is 66.0 Å². The van der Waals surface area contributed by atoms with Crippen molar-refractivity contribution in [1.82, 2.24) is 19.6 Å². The first kappa shape index (κ1) is 20.9. The van der Waals surface area contributed by atoms with E-state index in [1.54, 1.807) is 24.2 Å². The fourth-order valence-electron chi connectivity index (χ4n) is 4.30. The summed E-state index contributed by atoms with van der Waals surface area (Å²) in [4.78, 5) is 17.4. The Morgan fingerprint density at radius 3 is 2.81 bits per heavy atom. The zero-order valence-electron chi connectivity index (χ0n) is 18.8. The van der Waals surface area contributed by atoms with Gasteiger partial charge in [0.1, 0.15) is 16.9 Å². The van der Waals surface area contributed by atoms with E-state index in [0.717, 1.165) is 40.0 Å². The molecule has 1 atom stereocenters. The van der Waals surface area contributed by atoms with Crippen LogP contribution in [0.4, 0.5) is 0 Å². The molecule has 0 radical (unpaired) electrons. The highest BCUT2D eigenvalue weighted by Crippen LogP contribution is 2.43. The lowest BCUT2D eigenvalue weighted by molar-refractivity contribution is 0.126. The Kier molecular flexibility index (Phi) is 5.33. The molecule has 0 bridgehead atoms. The summed E-state index contributed by atoms with van der Waals surface area (Å²) in [5.41, 5.74) is 3.51. The van der Waals surface area contributed by atoms with Gasteiger partial charge in [-0.15, -0.1) is 16.4 Å². The smallest absolute Gasteiger partial charge is 0.192 e. The van der Waals surface area contributed by atoms with Gasteiger partial charge in [0.2, 0.25) is 0 Å². The van der Waals surface area contributed by atoms with Crippen molar-refractivity contribution in [1.29, 1.82) is 0 Å². The molecule has 1 aromatic carbocycles. The van der Waals surface area contributed by atoms with Gasteiger partial charge >= 0.3 is 0 Å². The molecule has 32 heavy (non-hydrogen) atoms. The van der Waals surface area contributed by atoms with Gasteiger partial charge in [0.25, 0.3) is 0 Å². The molecule has 5 rings (SSSR count). The van der Waals surface area contributed by atoms with E-state index in [2.05, 4.69) is 36.0 Å². The topological polar surface area (TPSA) is 73.9 Å². The van der Waals surface area contributed by atoms with E-state index in [4.69, 9.17) is 14.6 Å². The number of benzene rings is 1. The summed E-state index contributed by atoms with van der Waals surface area (Å²) in [6, 6.07) is 7.60. The molecule has 0 aliphatic heterocycles. The second kappa shape index (κ2) is 8.16. The van der Waals surface area contributed by atoms with Crippen LogP contribution in [0.3, 0.4) is 0 Å². The van der Waals surface area contributed by atoms with Gasteiger partial charge in [0.05, 0.1) is 18.7 Å². The van der Waals surface area contributed by atoms with Crippen LogP contribution in [-0.2, 0) is 24.3 Å². The number of ether oxygens (including phenoxy) is 1. The van der Waals surface area contributed by atoms with Crippen molar-refractivity contribution in [3.8, 4) is 5.75 Å². The SMILES string of the molecule is COc1ccc(/C=N/OCc2nc3c4c5c(sc4ncn3n2)CC(C(C)(C)C)CC5)cc1. The predicted molar refractivity (Wildman–Crippen MR) is 127 cm³/mol. The molecule has 0 saturated carbocycles. The molecule has 0 fully saturated rings. The number of nitrogens with zero attached hydrogens (tertiary/aromatic N) is 5. The van der Waals surface area contributed by atoms with E-state index >= 15 is 0 Å². The largest absolute Gasteiger partial charge is 0.497 e. The van der Waals surface area contributed by atoms with Gasteiger partial charge in [-0.25, -0.2) is 14.5 Å². The van der Waals surface area contributed by atoms with E-state index in [1.807, 2.05) is 35.6 Å². The van der Waals surface area contributed by atoms with Crippen molar-refractivity contribution in [2.45, 2.75) is 46.6 Å². The third kappa shape index (κ3) is 3.95. The Labute approximate surface area is 191 Å². The molecule has 0 N–H and O–H groups in total. The fourth-order valence-corrected chi connectivity index (χ4v) is 5.56. The molecule has 8 heteroatoms. The number of aromatic nitrogens is 4. The quantitative estimate of drug-likeness (QED) is 0.315. The first-order valence-electron chi connectivity index (χ1n) is 10.9. The molecule has 4 aromatic rings. The van der Waals surface area contributed by atoms with Crippen molar-refractivity contribution >= 4 is 33.4 Å². The van der Waals surface area contributed by atoms with Gasteiger partial charge in [0, 0.05) is 4.88 Å². The molecule has 0 saturated heterocycles. The monoisotopic (exact) mass is 449 g/mol. The third-order valence-electron chi connectivity index (χ3n) is 6.24. The Bertz CT molecular complexity index is 1280. The summed E-state index contributed by atoms with van der Waals surface area (Å²) in [6.45, 7) is 7.23. The highest BCUT2D eigenvalue weighted by molar-refractivity contribution is 7.19. The number of hydrogen-bond donors (Lipinski definition) is 0. The standard InChI is InChI=1S/C24H27N5O2S/c1-24(2,3)16-7-10-18-19(11-16)32-23-21(18)22-27-20(28-29(22)14-25-23)13-31-26-12-15-5-8-17(30-4)9-6-15/h5-6,8-9,12,14,16H,7,10-11,13H2,1-4H3/b26-12+. The molecule has 1 unspecified atom stereocenters. The fraction of sp³-hybridized carbons (Fsp3) is 0.417. The number of oxime groups is 1. The second-order valence-corrected chi connectivity index (χ2v) is 10.4. The number of methoxy groups -OCH3 is 1. The third-order valence-corrected chi connectivity index (χ3v) is 7.40. The molecule has 3 heterocycles. The number of hydrogen-bond acceptors (Lipinski definition) is 7. The van der Waals surface area contributed by atoms with Gasteiger partial charge in [0.15, 0.2) is 18.1 Å². The first-order valence-corrected chi connectivity index (χ1v) is 11.7. The lowest BCUT2D eigenvalue weighted by atomic mass is 9.72. The molecule has 7 nitrogen and oxygen atoms in total. The van der Waals surface area contributed by atoms with E-state index < -0.39 is 0 Å². The zero-order chi connectivity index (χ0) is 22.3. The molecule has 0 amide bonds. The van der Waals surface area contributed by atoms with Gasteiger partial charge < -0.3 is 9.57 Å². The first-order chi connectivity index (χ1) is 15.4. The van der Waals surface area contributed by atoms with E-state index in [0.29, 0.717) is 17.2 Å². The Morgan fingerprint density at radius 1 is 1.25 bits per heavy atom. The summed E-state index contributed by atoms with van der Waals surface area (Å²) < 4.78 is 6.92. The Balaban J connectivity index is 1.35. The molecule has 1 aliphatic rings. The maximum atomic E-state index is 5.45. The summed E-state index contributed by atoms with van der Waals surface area (Å²) in [6.07, 6.45) is 6.81. The second-order valence-electron chi connectivity index (χ2n) is 9.31. The number of thiophene rings is 1. The maximum absolute atomic E-state index is 5.45. The summed E-state index contributed by atoms with van der Waals surface area (Å²) in [5, 5.41) is 9.75. The number of rotatable bonds is 5. The van der Waals surface area contributed by atoms with Crippen LogP contribution in [0.25, 0.3) is 15.9 Å². The molecular formula is C24H27N5O2S. The average molecular weight is 450 g/mol. The maximum Gasteiger partial charge on any atom is 0.192 e. The minimum absolute atomic E-state index is 0.203. The van der Waals surface area contributed by atoms with Crippen molar-refractivity contribution in [2.24, 2.45) is 16.5 Å². The summed E-state index contributed by atoms with van der Waals surface area (Å²) in [7, 11) is 1.64. The van der Waals surface area contributed by atoms with Crippen LogP contribution in [0.1, 0.15) is 49.0 Å². The van der Waals surface area contributed by atoms with E-state index in [1.165, 1.54) is 16.9 Å². The molecule has 166 valence electrons. The normalized spacial score (nSPS) is 16.7. The van der Waals surface area contributed by atoms with Gasteiger partial charge in [-0.2, -0.15) is 0 Å². The predicted octanol–water partition coefficient (Wildman–Crippen LogP) is 5.05. The van der Waals surface area contributed by atoms with Crippen LogP contribution in [-0.4, -0.2) is 32.9 Å². The van der Waals surface area contributed by atoms with Gasteiger partial charge in [-0.1, -0.05) is 25.9 Å². The molecule has 3 aromatic heterocycles. The molecular weight excluding hydrogens is 422 g/mol. The minimum Gasteiger partial charge on any atom is -0.497 e. The number of aryl methyl sites for hydroxylation is 1. The van der Waals surface area contributed by atoms with Crippen molar-refractivity contribution in [2.75, 3.05) is 7.11 Å².